The molecule has 5 nitrogen and oxygen atoms in total. The highest BCUT2D eigenvalue weighted by atomic mass is 32.1. The zero-order chi connectivity index (χ0) is 19.1. The first-order valence-corrected chi connectivity index (χ1v) is 10.3. The van der Waals surface area contributed by atoms with Gasteiger partial charge in [-0.25, -0.2) is 9.37 Å². The van der Waals surface area contributed by atoms with Crippen LogP contribution >= 0.6 is 11.3 Å². The predicted octanol–water partition coefficient (Wildman–Crippen LogP) is 4.27. The Morgan fingerprint density at radius 2 is 1.96 bits per heavy atom. The zero-order valence-corrected chi connectivity index (χ0v) is 16.7. The van der Waals surface area contributed by atoms with Crippen LogP contribution in [0.3, 0.4) is 0 Å². The Labute approximate surface area is 162 Å². The van der Waals surface area contributed by atoms with Gasteiger partial charge in [0.05, 0.1) is 10.9 Å². The van der Waals surface area contributed by atoms with E-state index in [2.05, 4.69) is 28.8 Å². The van der Waals surface area contributed by atoms with Crippen molar-refractivity contribution in [3.63, 3.8) is 0 Å². The molecule has 1 aromatic carbocycles. The van der Waals surface area contributed by atoms with Crippen LogP contribution in [0, 0.1) is 17.7 Å². The third-order valence-corrected chi connectivity index (χ3v) is 6.34. The van der Waals surface area contributed by atoms with Crippen molar-refractivity contribution in [3.8, 4) is 5.88 Å². The molecule has 0 spiro atoms. The number of piperidine rings is 1. The average molecular weight is 389 g/mol. The second-order valence-corrected chi connectivity index (χ2v) is 8.70. The fraction of sp³-hybridized carbons (Fsp3) is 0.500. The van der Waals surface area contributed by atoms with Gasteiger partial charge >= 0.3 is 0 Å². The summed E-state index contributed by atoms with van der Waals surface area (Å²) in [4.78, 5) is 8.14. The van der Waals surface area contributed by atoms with Crippen LogP contribution in [0.4, 0.5) is 4.39 Å². The van der Waals surface area contributed by atoms with Gasteiger partial charge < -0.3 is 5.11 Å². The number of rotatable bonds is 4. The molecule has 1 fully saturated rings. The molecule has 0 saturated carbocycles. The number of fused-ring (bicyclic) bond motifs is 1. The quantitative estimate of drug-likeness (QED) is 0.725. The summed E-state index contributed by atoms with van der Waals surface area (Å²) in [6.45, 7) is 8.19. The third kappa shape index (κ3) is 3.34. The summed E-state index contributed by atoms with van der Waals surface area (Å²) < 4.78 is 16.3. The Morgan fingerprint density at radius 3 is 2.59 bits per heavy atom. The number of aromatic nitrogens is 3. The summed E-state index contributed by atoms with van der Waals surface area (Å²) in [5, 5.41) is 15.3. The maximum Gasteiger partial charge on any atom is 0.230 e. The van der Waals surface area contributed by atoms with Gasteiger partial charge in [-0.05, 0) is 24.3 Å². The van der Waals surface area contributed by atoms with E-state index in [9.17, 15) is 9.50 Å². The molecule has 3 aromatic rings. The molecule has 0 aliphatic carbocycles. The number of aromatic hydroxyl groups is 1. The molecule has 2 aromatic heterocycles. The van der Waals surface area contributed by atoms with Crippen molar-refractivity contribution in [1.29, 1.82) is 0 Å². The number of nitrogens with zero attached hydrogens (tertiary/aromatic N) is 4. The van der Waals surface area contributed by atoms with E-state index in [0.29, 0.717) is 39.5 Å². The van der Waals surface area contributed by atoms with Gasteiger partial charge in [-0.15, -0.1) is 5.10 Å². The lowest BCUT2D eigenvalue weighted by molar-refractivity contribution is 0.110. The van der Waals surface area contributed by atoms with E-state index in [1.165, 1.54) is 28.3 Å². The van der Waals surface area contributed by atoms with Gasteiger partial charge in [-0.1, -0.05) is 50.3 Å². The zero-order valence-electron chi connectivity index (χ0n) is 15.9. The molecule has 0 unspecified atom stereocenters. The van der Waals surface area contributed by atoms with Crippen molar-refractivity contribution < 1.29 is 9.50 Å². The number of benzene rings is 1. The largest absolute Gasteiger partial charge is 0.492 e. The second-order valence-electron chi connectivity index (χ2n) is 7.69. The van der Waals surface area contributed by atoms with Crippen molar-refractivity contribution in [3.05, 3.63) is 46.3 Å². The van der Waals surface area contributed by atoms with Crippen LogP contribution in [0.25, 0.3) is 4.96 Å². The van der Waals surface area contributed by atoms with Crippen molar-refractivity contribution in [2.45, 2.75) is 39.7 Å². The van der Waals surface area contributed by atoms with E-state index < -0.39 is 0 Å². The molecule has 1 N–H and O–H groups in total. The first kappa shape index (κ1) is 18.4. The molecular formula is C20H25FN4OS. The maximum atomic E-state index is 14.8. The van der Waals surface area contributed by atoms with Crippen molar-refractivity contribution in [2.24, 2.45) is 11.8 Å². The van der Waals surface area contributed by atoms with Gasteiger partial charge in [0.25, 0.3) is 0 Å². The van der Waals surface area contributed by atoms with E-state index in [1.807, 2.05) is 19.1 Å². The Bertz CT molecular complexity index is 943. The molecule has 1 aliphatic heterocycles. The molecule has 27 heavy (non-hydrogen) atoms. The van der Waals surface area contributed by atoms with Crippen LogP contribution in [-0.2, 0) is 6.42 Å². The van der Waals surface area contributed by atoms with Crippen molar-refractivity contribution in [2.75, 3.05) is 13.1 Å². The molecule has 144 valence electrons. The van der Waals surface area contributed by atoms with E-state index in [-0.39, 0.29) is 17.7 Å². The fourth-order valence-electron chi connectivity index (χ4n) is 4.24. The van der Waals surface area contributed by atoms with E-state index in [4.69, 9.17) is 0 Å². The third-order valence-electron chi connectivity index (χ3n) is 5.27. The average Bonchev–Trinajstić information content (AvgIpc) is 3.16. The second kappa shape index (κ2) is 7.20. The summed E-state index contributed by atoms with van der Waals surface area (Å²) in [7, 11) is 0. The minimum atomic E-state index is -0.338. The summed E-state index contributed by atoms with van der Waals surface area (Å²) in [5.74, 6) is 1.58. The summed E-state index contributed by atoms with van der Waals surface area (Å²) >= 11 is 1.40. The molecule has 3 heterocycles. The molecular weight excluding hydrogens is 363 g/mol. The van der Waals surface area contributed by atoms with Gasteiger partial charge in [0.15, 0.2) is 5.82 Å². The fourth-order valence-corrected chi connectivity index (χ4v) is 5.37. The highest BCUT2D eigenvalue weighted by Gasteiger charge is 2.34. The van der Waals surface area contributed by atoms with E-state index in [1.54, 1.807) is 6.07 Å². The number of halogens is 1. The summed E-state index contributed by atoms with van der Waals surface area (Å²) in [6, 6.07) is 6.52. The highest BCUT2D eigenvalue weighted by Crippen LogP contribution is 2.42. The topological polar surface area (TPSA) is 53.7 Å². The van der Waals surface area contributed by atoms with Gasteiger partial charge in [0, 0.05) is 25.1 Å². The van der Waals surface area contributed by atoms with E-state index >= 15 is 0 Å². The predicted molar refractivity (Wildman–Crippen MR) is 105 cm³/mol. The first-order valence-electron chi connectivity index (χ1n) is 9.53. The molecule has 1 aliphatic rings. The Hall–Kier alpha value is -1.99. The molecule has 3 atom stereocenters. The Balaban J connectivity index is 1.84. The Morgan fingerprint density at radius 1 is 1.26 bits per heavy atom. The Kier molecular flexibility index (Phi) is 4.90. The van der Waals surface area contributed by atoms with Gasteiger partial charge in [-0.3, -0.25) is 4.90 Å². The van der Waals surface area contributed by atoms with Gasteiger partial charge in [-0.2, -0.15) is 4.52 Å². The van der Waals surface area contributed by atoms with Crippen LogP contribution in [0.2, 0.25) is 0 Å². The lowest BCUT2D eigenvalue weighted by Crippen LogP contribution is -2.41. The van der Waals surface area contributed by atoms with Crippen LogP contribution in [0.5, 0.6) is 5.88 Å². The number of aryl methyl sites for hydroxylation is 1. The van der Waals surface area contributed by atoms with Gasteiger partial charge in [0.2, 0.25) is 10.8 Å². The van der Waals surface area contributed by atoms with Crippen LogP contribution in [0.1, 0.15) is 49.5 Å². The van der Waals surface area contributed by atoms with E-state index in [0.717, 1.165) is 13.1 Å². The number of hydrogen-bond donors (Lipinski definition) is 1. The number of thiazole rings is 1. The lowest BCUT2D eigenvalue weighted by Gasteiger charge is -2.40. The number of likely N-dealkylation sites (tertiary alicyclic amines) is 1. The van der Waals surface area contributed by atoms with Crippen LogP contribution < -0.4 is 0 Å². The molecule has 0 bridgehead atoms. The SMILES string of the molecule is CCc1nc2sc([C@H](c3ccccc3F)N3C[C@H](C)C[C@H](C)C3)c(O)n2n1. The monoisotopic (exact) mass is 388 g/mol. The van der Waals surface area contributed by atoms with Crippen LogP contribution in [-0.4, -0.2) is 37.7 Å². The maximum absolute atomic E-state index is 14.8. The molecule has 1 saturated heterocycles. The minimum Gasteiger partial charge on any atom is -0.492 e. The molecule has 0 amide bonds. The van der Waals surface area contributed by atoms with Crippen LogP contribution in [0.15, 0.2) is 24.3 Å². The normalized spacial score (nSPS) is 22.4. The standard InChI is InChI=1S/C20H25FN4OS/c1-4-16-22-20-25(23-16)19(26)18(27-20)17(14-7-5-6-8-15(14)21)24-10-12(2)9-13(3)11-24/h5-8,12-13,17,26H,4,9-11H2,1-3H3/t12-,13+,17-/m0/s1. The highest BCUT2D eigenvalue weighted by molar-refractivity contribution is 7.17. The molecule has 0 radical (unpaired) electrons. The summed E-state index contributed by atoms with van der Waals surface area (Å²) in [6.07, 6.45) is 1.88. The van der Waals surface area contributed by atoms with Crippen molar-refractivity contribution in [1.82, 2.24) is 19.5 Å². The minimum absolute atomic E-state index is 0.0707. The summed E-state index contributed by atoms with van der Waals surface area (Å²) in [5.41, 5.74) is 0.592. The molecule has 7 heteroatoms. The lowest BCUT2D eigenvalue weighted by atomic mass is 9.89. The molecule has 4 rings (SSSR count). The van der Waals surface area contributed by atoms with Crippen molar-refractivity contribution >= 4 is 16.3 Å². The van der Waals surface area contributed by atoms with Gasteiger partial charge in [0.1, 0.15) is 5.82 Å². The number of hydrogen-bond acceptors (Lipinski definition) is 5. The first-order chi connectivity index (χ1) is 13.0. The smallest absolute Gasteiger partial charge is 0.230 e.